The summed E-state index contributed by atoms with van der Waals surface area (Å²) in [5.41, 5.74) is 2.60. The van der Waals surface area contributed by atoms with Gasteiger partial charge in [0.25, 0.3) is 0 Å². The first kappa shape index (κ1) is 20.0. The van der Waals surface area contributed by atoms with Crippen molar-refractivity contribution in [2.45, 2.75) is 38.5 Å². The Morgan fingerprint density at radius 3 is 2.50 bits per heavy atom. The summed E-state index contributed by atoms with van der Waals surface area (Å²) >= 11 is 0. The number of hydrogen-bond donors (Lipinski definition) is 2. The van der Waals surface area contributed by atoms with Crippen molar-refractivity contribution in [3.8, 4) is 5.75 Å². The number of nitrogens with one attached hydrogen (secondary N) is 1. The van der Waals surface area contributed by atoms with E-state index in [0.29, 0.717) is 6.54 Å². The molecular formula is C22H29NO3. The lowest BCUT2D eigenvalue weighted by Crippen LogP contribution is -2.20. The minimum Gasteiger partial charge on any atom is -0.494 e. The summed E-state index contributed by atoms with van der Waals surface area (Å²) in [4.78, 5) is 10.5. The Bertz CT molecular complexity index is 643. The molecule has 0 aliphatic heterocycles. The number of benzene rings is 2. The van der Waals surface area contributed by atoms with Crippen molar-refractivity contribution >= 4 is 5.97 Å². The van der Waals surface area contributed by atoms with E-state index in [2.05, 4.69) is 47.8 Å². The molecule has 0 radical (unpaired) electrons. The summed E-state index contributed by atoms with van der Waals surface area (Å²) in [6.07, 6.45) is 5.58. The lowest BCUT2D eigenvalue weighted by Gasteiger charge is -2.09. The second kappa shape index (κ2) is 12.1. The highest BCUT2D eigenvalue weighted by molar-refractivity contribution is 5.66. The third-order valence-corrected chi connectivity index (χ3v) is 4.23. The SMILES string of the molecule is O=C(O)CCNCCc1cccc(OCCCCCc2ccccc2)c1. The highest BCUT2D eigenvalue weighted by Gasteiger charge is 2.00. The quantitative estimate of drug-likeness (QED) is 0.532. The zero-order valence-corrected chi connectivity index (χ0v) is 15.3. The van der Waals surface area contributed by atoms with E-state index in [0.717, 1.165) is 38.2 Å². The molecule has 0 aliphatic rings. The van der Waals surface area contributed by atoms with Crippen LogP contribution in [0.1, 0.15) is 36.8 Å². The Hall–Kier alpha value is -2.33. The molecule has 0 saturated heterocycles. The lowest BCUT2D eigenvalue weighted by molar-refractivity contribution is -0.136. The van der Waals surface area contributed by atoms with Crippen LogP contribution < -0.4 is 10.1 Å². The van der Waals surface area contributed by atoms with Gasteiger partial charge in [-0.15, -0.1) is 0 Å². The fourth-order valence-electron chi connectivity index (χ4n) is 2.79. The van der Waals surface area contributed by atoms with E-state index < -0.39 is 5.97 Å². The maximum atomic E-state index is 10.5. The van der Waals surface area contributed by atoms with Crippen LogP contribution in [0.25, 0.3) is 0 Å². The molecule has 0 amide bonds. The molecule has 0 bridgehead atoms. The van der Waals surface area contributed by atoms with Gasteiger partial charge in [0.15, 0.2) is 0 Å². The van der Waals surface area contributed by atoms with E-state index >= 15 is 0 Å². The first-order valence-corrected chi connectivity index (χ1v) is 9.42. The summed E-state index contributed by atoms with van der Waals surface area (Å²) in [5, 5.41) is 11.7. The van der Waals surface area contributed by atoms with Crippen molar-refractivity contribution in [1.29, 1.82) is 0 Å². The van der Waals surface area contributed by atoms with Crippen LogP contribution in [-0.2, 0) is 17.6 Å². The smallest absolute Gasteiger partial charge is 0.304 e. The largest absolute Gasteiger partial charge is 0.494 e. The summed E-state index contributed by atoms with van der Waals surface area (Å²) in [6, 6.07) is 18.7. The second-order valence-corrected chi connectivity index (χ2v) is 6.44. The van der Waals surface area contributed by atoms with Gasteiger partial charge in [0.1, 0.15) is 5.75 Å². The molecule has 0 saturated carbocycles. The highest BCUT2D eigenvalue weighted by atomic mass is 16.5. The van der Waals surface area contributed by atoms with Crippen LogP contribution in [0.2, 0.25) is 0 Å². The predicted molar refractivity (Wildman–Crippen MR) is 105 cm³/mol. The van der Waals surface area contributed by atoms with Crippen LogP contribution in [0.15, 0.2) is 54.6 Å². The lowest BCUT2D eigenvalue weighted by atomic mass is 10.1. The Morgan fingerprint density at radius 1 is 0.885 bits per heavy atom. The van der Waals surface area contributed by atoms with Crippen LogP contribution in [0, 0.1) is 0 Å². The maximum absolute atomic E-state index is 10.5. The average Bonchev–Trinajstić information content (AvgIpc) is 2.65. The number of unbranched alkanes of at least 4 members (excludes halogenated alkanes) is 2. The van der Waals surface area contributed by atoms with Crippen molar-refractivity contribution in [1.82, 2.24) is 5.32 Å². The average molecular weight is 355 g/mol. The minimum atomic E-state index is -0.767. The van der Waals surface area contributed by atoms with E-state index in [1.165, 1.54) is 24.0 Å². The van der Waals surface area contributed by atoms with Crippen molar-refractivity contribution in [3.63, 3.8) is 0 Å². The Kier molecular flexibility index (Phi) is 9.30. The van der Waals surface area contributed by atoms with Crippen LogP contribution in [0.4, 0.5) is 0 Å². The summed E-state index contributed by atoms with van der Waals surface area (Å²) in [5.74, 6) is 0.146. The summed E-state index contributed by atoms with van der Waals surface area (Å²) in [6.45, 7) is 2.03. The number of aliphatic carboxylic acids is 1. The van der Waals surface area contributed by atoms with Gasteiger partial charge in [-0.3, -0.25) is 4.79 Å². The van der Waals surface area contributed by atoms with Crippen molar-refractivity contribution < 1.29 is 14.6 Å². The number of carboxylic acid groups (broad SMARTS) is 1. The van der Waals surface area contributed by atoms with E-state index in [1.54, 1.807) is 0 Å². The fraction of sp³-hybridized carbons (Fsp3) is 0.409. The molecule has 0 atom stereocenters. The van der Waals surface area contributed by atoms with Gasteiger partial charge in [0.05, 0.1) is 13.0 Å². The van der Waals surface area contributed by atoms with Crippen LogP contribution in [0.3, 0.4) is 0 Å². The third-order valence-electron chi connectivity index (χ3n) is 4.23. The molecule has 0 heterocycles. The number of carbonyl (C=O) groups is 1. The number of carboxylic acids is 1. The van der Waals surface area contributed by atoms with Crippen LogP contribution >= 0.6 is 0 Å². The molecule has 140 valence electrons. The fourth-order valence-corrected chi connectivity index (χ4v) is 2.79. The summed E-state index contributed by atoms with van der Waals surface area (Å²) in [7, 11) is 0. The highest BCUT2D eigenvalue weighted by Crippen LogP contribution is 2.14. The zero-order chi connectivity index (χ0) is 18.5. The topological polar surface area (TPSA) is 58.6 Å². The normalized spacial score (nSPS) is 10.6. The standard InChI is InChI=1S/C22H29NO3/c24-22(25)14-16-23-15-13-20-11-7-12-21(18-20)26-17-6-2-5-10-19-8-3-1-4-9-19/h1,3-4,7-9,11-12,18,23H,2,5-6,10,13-17H2,(H,24,25). The summed E-state index contributed by atoms with van der Waals surface area (Å²) < 4.78 is 5.86. The Balaban J connectivity index is 1.57. The van der Waals surface area contributed by atoms with Gasteiger partial charge in [0, 0.05) is 6.54 Å². The Labute approximate surface area is 156 Å². The monoisotopic (exact) mass is 355 g/mol. The molecule has 0 spiro atoms. The first-order valence-electron chi connectivity index (χ1n) is 9.42. The number of aryl methyl sites for hydroxylation is 1. The van der Waals surface area contributed by atoms with E-state index in [1.807, 2.05) is 12.1 Å². The molecule has 2 aromatic rings. The second-order valence-electron chi connectivity index (χ2n) is 6.44. The molecule has 4 heteroatoms. The molecule has 2 rings (SSSR count). The molecule has 2 N–H and O–H groups in total. The molecular weight excluding hydrogens is 326 g/mol. The van der Waals surface area contributed by atoms with Gasteiger partial charge < -0.3 is 15.2 Å². The molecule has 2 aromatic carbocycles. The number of ether oxygens (including phenoxy) is 1. The van der Waals surface area contributed by atoms with Crippen molar-refractivity contribution in [3.05, 3.63) is 65.7 Å². The Morgan fingerprint density at radius 2 is 1.69 bits per heavy atom. The van der Waals surface area contributed by atoms with Gasteiger partial charge in [-0.2, -0.15) is 0 Å². The van der Waals surface area contributed by atoms with E-state index in [4.69, 9.17) is 9.84 Å². The van der Waals surface area contributed by atoms with Gasteiger partial charge >= 0.3 is 5.97 Å². The molecule has 0 unspecified atom stereocenters. The molecule has 26 heavy (non-hydrogen) atoms. The van der Waals surface area contributed by atoms with Crippen LogP contribution in [0.5, 0.6) is 5.75 Å². The van der Waals surface area contributed by atoms with Gasteiger partial charge in [-0.05, 0) is 61.9 Å². The van der Waals surface area contributed by atoms with Gasteiger partial charge in [-0.1, -0.05) is 42.5 Å². The van der Waals surface area contributed by atoms with Crippen molar-refractivity contribution in [2.24, 2.45) is 0 Å². The van der Waals surface area contributed by atoms with Crippen LogP contribution in [-0.4, -0.2) is 30.8 Å². The number of rotatable bonds is 13. The first-order chi connectivity index (χ1) is 12.7. The number of hydrogen-bond acceptors (Lipinski definition) is 3. The third kappa shape index (κ3) is 8.67. The van der Waals surface area contributed by atoms with Gasteiger partial charge in [-0.25, -0.2) is 0 Å². The van der Waals surface area contributed by atoms with Gasteiger partial charge in [0.2, 0.25) is 0 Å². The predicted octanol–water partition coefficient (Wildman–Crippen LogP) is 4.09. The molecule has 0 fully saturated rings. The zero-order valence-electron chi connectivity index (χ0n) is 15.3. The van der Waals surface area contributed by atoms with Crippen molar-refractivity contribution in [2.75, 3.05) is 19.7 Å². The minimum absolute atomic E-state index is 0.160. The molecule has 4 nitrogen and oxygen atoms in total. The van der Waals surface area contributed by atoms with E-state index in [9.17, 15) is 4.79 Å². The maximum Gasteiger partial charge on any atom is 0.304 e. The van der Waals surface area contributed by atoms with E-state index in [-0.39, 0.29) is 6.42 Å². The molecule has 0 aromatic heterocycles. The molecule has 0 aliphatic carbocycles.